The van der Waals surface area contributed by atoms with Crippen LogP contribution in [-0.2, 0) is 20.4 Å². The maximum Gasteiger partial charge on any atom is 0.333 e. The number of phenols is 1. The molecule has 1 aromatic carbocycles. The molecule has 1 aromatic rings. The molecule has 4 nitrogen and oxygen atoms in total. The lowest BCUT2D eigenvalue weighted by Crippen LogP contribution is -2.41. The van der Waals surface area contributed by atoms with Crippen LogP contribution in [0, 0.1) is 5.41 Å². The number of carboxylic acids is 1. The average Bonchev–Trinajstić information content (AvgIpc) is 2.49. The molecule has 0 aliphatic carbocycles. The fourth-order valence-electron chi connectivity index (χ4n) is 3.09. The van der Waals surface area contributed by atoms with Crippen LogP contribution in [0.5, 0.6) is 5.75 Å². The van der Waals surface area contributed by atoms with Crippen LogP contribution in [0.2, 0.25) is 0 Å². The van der Waals surface area contributed by atoms with Gasteiger partial charge in [0, 0.05) is 21.3 Å². The number of aliphatic carboxylic acids is 1. The van der Waals surface area contributed by atoms with E-state index < -0.39 is 17.5 Å². The number of ether oxygens (including phenoxy) is 1. The van der Waals surface area contributed by atoms with E-state index in [1.807, 2.05) is 27.7 Å². The van der Waals surface area contributed by atoms with Gasteiger partial charge in [-0.3, -0.25) is 0 Å². The lowest BCUT2D eigenvalue weighted by atomic mass is 9.79. The molecule has 0 saturated carbocycles. The molecule has 0 radical (unpaired) electrons. The third-order valence-electron chi connectivity index (χ3n) is 5.04. The second-order valence-corrected chi connectivity index (χ2v) is 12.6. The zero-order valence-electron chi connectivity index (χ0n) is 20.0. The monoisotopic (exact) mass is 424 g/mol. The molecule has 0 spiro atoms. The van der Waals surface area contributed by atoms with Gasteiger partial charge in [-0.25, -0.2) is 4.79 Å². The standard InChI is InChI=1S/C24H40O4S/c1-14(28-20(21(26)27)24(9,10)11)15(2)29-16-12-17(22(3,4)5)19(25)18(13-16)23(6,7)8/h12-15,20,25H,1-11H3,(H,26,27)/t14-,15+,20?/m1/s1. The number of rotatable bonds is 6. The van der Waals surface area contributed by atoms with Crippen molar-refractivity contribution in [1.82, 2.24) is 0 Å². The molecule has 0 aliphatic rings. The van der Waals surface area contributed by atoms with E-state index in [-0.39, 0.29) is 22.2 Å². The first kappa shape index (κ1) is 25.8. The molecule has 166 valence electrons. The second-order valence-electron chi connectivity index (χ2n) is 11.1. The highest BCUT2D eigenvalue weighted by Crippen LogP contribution is 2.43. The lowest BCUT2D eigenvalue weighted by Gasteiger charge is -2.32. The minimum absolute atomic E-state index is 0.0457. The van der Waals surface area contributed by atoms with Crippen LogP contribution < -0.4 is 0 Å². The SMILES string of the molecule is C[C@H](Sc1cc(C(C)(C)C)c(O)c(C(C)(C)C)c1)[C@@H](C)OC(C(=O)O)C(C)(C)C. The van der Waals surface area contributed by atoms with Crippen LogP contribution >= 0.6 is 11.8 Å². The van der Waals surface area contributed by atoms with Gasteiger partial charge in [-0.1, -0.05) is 69.2 Å². The Labute approximate surface area is 181 Å². The topological polar surface area (TPSA) is 66.8 Å². The van der Waals surface area contributed by atoms with Crippen LogP contribution in [0.25, 0.3) is 0 Å². The van der Waals surface area contributed by atoms with E-state index in [1.54, 1.807) is 11.8 Å². The van der Waals surface area contributed by atoms with E-state index in [4.69, 9.17) is 4.74 Å². The Bertz CT molecular complexity index is 685. The number of hydrogen-bond acceptors (Lipinski definition) is 4. The number of hydrogen-bond donors (Lipinski definition) is 2. The molecular formula is C24H40O4S. The molecule has 0 amide bonds. The van der Waals surface area contributed by atoms with Crippen molar-refractivity contribution >= 4 is 17.7 Å². The normalized spacial score (nSPS) is 16.4. The summed E-state index contributed by atoms with van der Waals surface area (Å²) >= 11 is 1.66. The van der Waals surface area contributed by atoms with E-state index in [0.717, 1.165) is 16.0 Å². The van der Waals surface area contributed by atoms with E-state index in [0.29, 0.717) is 5.75 Å². The molecule has 0 aliphatic heterocycles. The number of phenolic OH excluding ortho intramolecular Hbond substituents is 1. The largest absolute Gasteiger partial charge is 0.507 e. The average molecular weight is 425 g/mol. The predicted molar refractivity (Wildman–Crippen MR) is 122 cm³/mol. The zero-order valence-corrected chi connectivity index (χ0v) is 20.8. The lowest BCUT2D eigenvalue weighted by molar-refractivity contribution is -0.162. The van der Waals surface area contributed by atoms with Crippen molar-refractivity contribution in [2.24, 2.45) is 5.41 Å². The summed E-state index contributed by atoms with van der Waals surface area (Å²) in [5.74, 6) is -0.568. The Morgan fingerprint density at radius 2 is 1.34 bits per heavy atom. The van der Waals surface area contributed by atoms with Crippen LogP contribution in [-0.4, -0.2) is 33.6 Å². The first-order valence-corrected chi connectivity index (χ1v) is 11.2. The summed E-state index contributed by atoms with van der Waals surface area (Å²) in [7, 11) is 0. The van der Waals surface area contributed by atoms with Gasteiger partial charge in [0.05, 0.1) is 6.10 Å². The third-order valence-corrected chi connectivity index (χ3v) is 6.31. The molecule has 0 bridgehead atoms. The Morgan fingerprint density at radius 1 is 0.931 bits per heavy atom. The van der Waals surface area contributed by atoms with Gasteiger partial charge >= 0.3 is 5.97 Å². The molecule has 2 N–H and O–H groups in total. The van der Waals surface area contributed by atoms with Crippen LogP contribution in [0.1, 0.15) is 87.3 Å². The fraction of sp³-hybridized carbons (Fsp3) is 0.708. The Morgan fingerprint density at radius 3 is 1.66 bits per heavy atom. The zero-order chi connectivity index (χ0) is 22.9. The molecule has 0 fully saturated rings. The fourth-order valence-corrected chi connectivity index (χ4v) is 4.14. The minimum Gasteiger partial charge on any atom is -0.507 e. The first-order chi connectivity index (χ1) is 12.9. The summed E-state index contributed by atoms with van der Waals surface area (Å²) < 4.78 is 5.96. The molecular weight excluding hydrogens is 384 g/mol. The Kier molecular flexibility index (Phi) is 7.92. The maximum atomic E-state index is 11.7. The summed E-state index contributed by atoms with van der Waals surface area (Å²) in [6.07, 6.45) is -1.11. The summed E-state index contributed by atoms with van der Waals surface area (Å²) in [6, 6.07) is 4.10. The molecule has 0 aromatic heterocycles. The first-order valence-electron chi connectivity index (χ1n) is 10.3. The highest BCUT2D eigenvalue weighted by atomic mass is 32.2. The van der Waals surface area contributed by atoms with Crippen molar-refractivity contribution in [3.8, 4) is 5.75 Å². The maximum absolute atomic E-state index is 11.7. The summed E-state index contributed by atoms with van der Waals surface area (Å²) in [6.45, 7) is 22.2. The quantitative estimate of drug-likeness (QED) is 0.519. The van der Waals surface area contributed by atoms with Gasteiger partial charge in [-0.15, -0.1) is 11.8 Å². The van der Waals surface area contributed by atoms with E-state index >= 15 is 0 Å². The van der Waals surface area contributed by atoms with Crippen molar-refractivity contribution in [3.05, 3.63) is 23.3 Å². The minimum atomic E-state index is -0.934. The predicted octanol–water partition coefficient (Wildman–Crippen LogP) is 6.37. The van der Waals surface area contributed by atoms with Gasteiger partial charge < -0.3 is 14.9 Å². The summed E-state index contributed by atoms with van der Waals surface area (Å²) in [5.41, 5.74) is 0.985. The van der Waals surface area contributed by atoms with Gasteiger partial charge in [0.25, 0.3) is 0 Å². The van der Waals surface area contributed by atoms with Gasteiger partial charge in [-0.05, 0) is 35.3 Å². The van der Waals surface area contributed by atoms with E-state index in [9.17, 15) is 15.0 Å². The molecule has 1 rings (SSSR count). The highest BCUT2D eigenvalue weighted by molar-refractivity contribution is 8.00. The number of aromatic hydroxyl groups is 1. The van der Waals surface area contributed by atoms with Gasteiger partial charge in [0.2, 0.25) is 0 Å². The van der Waals surface area contributed by atoms with E-state index in [2.05, 4.69) is 60.6 Å². The van der Waals surface area contributed by atoms with Gasteiger partial charge in [0.1, 0.15) is 5.75 Å². The van der Waals surface area contributed by atoms with Crippen LogP contribution in [0.4, 0.5) is 0 Å². The van der Waals surface area contributed by atoms with Crippen molar-refractivity contribution in [2.45, 2.75) is 109 Å². The van der Waals surface area contributed by atoms with E-state index in [1.165, 1.54) is 0 Å². The number of carboxylic acid groups (broad SMARTS) is 1. The Balaban J connectivity index is 3.21. The molecule has 0 saturated heterocycles. The molecule has 29 heavy (non-hydrogen) atoms. The van der Waals surface area contributed by atoms with Crippen molar-refractivity contribution in [3.63, 3.8) is 0 Å². The van der Waals surface area contributed by atoms with Crippen molar-refractivity contribution in [1.29, 1.82) is 0 Å². The number of carbonyl (C=O) groups is 1. The number of benzene rings is 1. The van der Waals surface area contributed by atoms with Crippen LogP contribution in [0.15, 0.2) is 17.0 Å². The summed E-state index contributed by atoms with van der Waals surface area (Å²) in [4.78, 5) is 12.7. The van der Waals surface area contributed by atoms with Crippen LogP contribution in [0.3, 0.4) is 0 Å². The van der Waals surface area contributed by atoms with Crippen molar-refractivity contribution in [2.75, 3.05) is 0 Å². The third kappa shape index (κ3) is 6.92. The highest BCUT2D eigenvalue weighted by Gasteiger charge is 2.35. The van der Waals surface area contributed by atoms with Crippen molar-refractivity contribution < 1.29 is 19.7 Å². The Hall–Kier alpha value is -1.20. The summed E-state index contributed by atoms with van der Waals surface area (Å²) in [5, 5.41) is 20.5. The molecule has 1 unspecified atom stereocenters. The molecule has 0 heterocycles. The second kappa shape index (κ2) is 8.89. The smallest absolute Gasteiger partial charge is 0.333 e. The molecule has 3 atom stereocenters. The molecule has 5 heteroatoms. The number of thioether (sulfide) groups is 1. The van der Waals surface area contributed by atoms with Gasteiger partial charge in [0.15, 0.2) is 6.10 Å². The van der Waals surface area contributed by atoms with Gasteiger partial charge in [-0.2, -0.15) is 0 Å².